The number of carbonyl (C=O) groups excluding carboxylic acids is 1. The van der Waals surface area contributed by atoms with E-state index < -0.39 is 9.84 Å². The first-order valence-corrected chi connectivity index (χ1v) is 11.8. The molecule has 0 spiro atoms. The van der Waals surface area contributed by atoms with Crippen LogP contribution in [0.3, 0.4) is 0 Å². The van der Waals surface area contributed by atoms with Gasteiger partial charge in [-0.25, -0.2) is 8.42 Å². The lowest BCUT2D eigenvalue weighted by atomic mass is 9.98. The highest BCUT2D eigenvalue weighted by Crippen LogP contribution is 2.36. The number of ether oxygens (including phenoxy) is 1. The van der Waals surface area contributed by atoms with Crippen molar-refractivity contribution in [2.75, 3.05) is 29.6 Å². The van der Waals surface area contributed by atoms with Crippen LogP contribution < -0.4 is 9.64 Å². The zero-order valence-electron chi connectivity index (χ0n) is 16.7. The van der Waals surface area contributed by atoms with Crippen LogP contribution in [0.4, 0.5) is 5.69 Å². The zero-order chi connectivity index (χ0) is 20.6. The van der Waals surface area contributed by atoms with Gasteiger partial charge in [0.1, 0.15) is 5.75 Å². The van der Waals surface area contributed by atoms with Crippen LogP contribution in [0.5, 0.6) is 5.75 Å². The fourth-order valence-electron chi connectivity index (χ4n) is 4.46. The van der Waals surface area contributed by atoms with Crippen molar-refractivity contribution in [3.8, 4) is 5.75 Å². The van der Waals surface area contributed by atoms with Gasteiger partial charge in [0, 0.05) is 17.8 Å². The van der Waals surface area contributed by atoms with E-state index in [1.54, 1.807) is 4.90 Å². The van der Waals surface area contributed by atoms with Gasteiger partial charge in [-0.15, -0.1) is 0 Å². The summed E-state index contributed by atoms with van der Waals surface area (Å²) in [6, 6.07) is 16.6. The summed E-state index contributed by atoms with van der Waals surface area (Å²) >= 11 is 0. The molecule has 0 radical (unpaired) electrons. The molecular weight excluding hydrogens is 388 g/mol. The van der Waals surface area contributed by atoms with Crippen molar-refractivity contribution in [2.24, 2.45) is 0 Å². The molecule has 0 aliphatic carbocycles. The maximum absolute atomic E-state index is 13.2. The van der Waals surface area contributed by atoms with E-state index in [1.807, 2.05) is 68.4 Å². The van der Waals surface area contributed by atoms with Crippen molar-refractivity contribution >= 4 is 21.4 Å². The molecule has 154 valence electrons. The number of benzene rings is 2. The number of piperazine rings is 1. The second-order valence-corrected chi connectivity index (χ2v) is 9.82. The van der Waals surface area contributed by atoms with E-state index in [2.05, 4.69) is 4.90 Å². The van der Waals surface area contributed by atoms with Gasteiger partial charge in [-0.2, -0.15) is 0 Å². The Morgan fingerprint density at radius 3 is 2.34 bits per heavy atom. The number of anilines is 1. The van der Waals surface area contributed by atoms with Gasteiger partial charge >= 0.3 is 0 Å². The Labute approximate surface area is 172 Å². The molecule has 0 saturated carbocycles. The first kappa shape index (κ1) is 19.9. The lowest BCUT2D eigenvalue weighted by Gasteiger charge is -2.46. The predicted molar refractivity (Wildman–Crippen MR) is 113 cm³/mol. The highest BCUT2D eigenvalue weighted by atomic mass is 32.2. The summed E-state index contributed by atoms with van der Waals surface area (Å²) in [6.07, 6.45) is 0. The molecule has 1 amide bonds. The van der Waals surface area contributed by atoms with Crippen molar-refractivity contribution in [2.45, 2.75) is 32.0 Å². The zero-order valence-corrected chi connectivity index (χ0v) is 17.5. The smallest absolute Gasteiger partial charge is 0.241 e. The number of fused-ring (bicyclic) bond motifs is 1. The fourth-order valence-corrected chi connectivity index (χ4v) is 6.42. The minimum absolute atomic E-state index is 0.00533. The van der Waals surface area contributed by atoms with Gasteiger partial charge in [-0.3, -0.25) is 9.69 Å². The van der Waals surface area contributed by atoms with Crippen molar-refractivity contribution in [3.63, 3.8) is 0 Å². The van der Waals surface area contributed by atoms with Crippen LogP contribution >= 0.6 is 0 Å². The van der Waals surface area contributed by atoms with Crippen LogP contribution in [0.1, 0.15) is 25.5 Å². The summed E-state index contributed by atoms with van der Waals surface area (Å²) in [5, 5.41) is 0. The molecule has 4 rings (SSSR count). The summed E-state index contributed by atoms with van der Waals surface area (Å²) in [7, 11) is -3.22. The lowest BCUT2D eigenvalue weighted by Crippen LogP contribution is -2.62. The number of sulfone groups is 1. The molecule has 0 N–H and O–H groups in total. The Morgan fingerprint density at radius 2 is 1.69 bits per heavy atom. The molecule has 0 aromatic heterocycles. The molecule has 2 aromatic carbocycles. The highest BCUT2D eigenvalue weighted by molar-refractivity contribution is 7.91. The monoisotopic (exact) mass is 414 g/mol. The molecule has 6 nitrogen and oxygen atoms in total. The van der Waals surface area contributed by atoms with E-state index in [0.29, 0.717) is 6.61 Å². The second kappa shape index (κ2) is 7.80. The Balaban J connectivity index is 1.66. The molecule has 2 aromatic rings. The van der Waals surface area contributed by atoms with E-state index in [9.17, 15) is 13.2 Å². The number of carbonyl (C=O) groups is 1. The molecule has 7 heteroatoms. The normalized spacial score (nSPS) is 24.9. The van der Waals surface area contributed by atoms with Gasteiger partial charge in [0.15, 0.2) is 9.84 Å². The SMILES string of the molecule is CCOc1ccc(N2C(=O)CN([C@@H](C)c3ccccc3)[C@H]3CS(=O)(=O)C[C@H]32)cc1. The summed E-state index contributed by atoms with van der Waals surface area (Å²) in [6.45, 7) is 4.72. The van der Waals surface area contributed by atoms with Gasteiger partial charge in [0.25, 0.3) is 0 Å². The van der Waals surface area contributed by atoms with Crippen LogP contribution in [0, 0.1) is 0 Å². The topological polar surface area (TPSA) is 66.9 Å². The van der Waals surface area contributed by atoms with Crippen LogP contribution in [-0.4, -0.2) is 56.0 Å². The van der Waals surface area contributed by atoms with Crippen LogP contribution in [0.25, 0.3) is 0 Å². The standard InChI is InChI=1S/C22H26N2O4S/c1-3-28-19-11-9-18(10-12-19)24-21-15-29(26,27)14-20(21)23(13-22(24)25)16(2)17-7-5-4-6-8-17/h4-12,16,20-21H,3,13-15H2,1-2H3/t16-,20-,21+/m0/s1. The van der Waals surface area contributed by atoms with Gasteiger partial charge in [0.2, 0.25) is 5.91 Å². The summed E-state index contributed by atoms with van der Waals surface area (Å²) in [5.74, 6) is 0.732. The van der Waals surface area contributed by atoms with Gasteiger partial charge < -0.3 is 9.64 Å². The first-order chi connectivity index (χ1) is 13.9. The molecule has 29 heavy (non-hydrogen) atoms. The molecule has 2 aliphatic rings. The maximum Gasteiger partial charge on any atom is 0.241 e. The van der Waals surface area contributed by atoms with Gasteiger partial charge in [0.05, 0.1) is 30.7 Å². The average Bonchev–Trinajstić information content (AvgIpc) is 3.03. The van der Waals surface area contributed by atoms with Crippen LogP contribution in [0.15, 0.2) is 54.6 Å². The molecule has 2 aliphatic heterocycles. The molecule has 0 unspecified atom stereocenters. The maximum atomic E-state index is 13.2. The minimum Gasteiger partial charge on any atom is -0.494 e. The third kappa shape index (κ3) is 3.89. The van der Waals surface area contributed by atoms with Crippen LogP contribution in [0.2, 0.25) is 0 Å². The molecule has 3 atom stereocenters. The molecule has 0 bridgehead atoms. The summed E-state index contributed by atoms with van der Waals surface area (Å²) < 4.78 is 30.6. The lowest BCUT2D eigenvalue weighted by molar-refractivity contribution is -0.124. The fraction of sp³-hybridized carbons (Fsp3) is 0.409. The quantitative estimate of drug-likeness (QED) is 0.753. The van der Waals surface area contributed by atoms with Crippen molar-refractivity contribution in [3.05, 3.63) is 60.2 Å². The highest BCUT2D eigenvalue weighted by Gasteiger charge is 2.50. The van der Waals surface area contributed by atoms with E-state index >= 15 is 0 Å². The predicted octanol–water partition coefficient (Wildman–Crippen LogP) is 2.66. The Hall–Kier alpha value is -2.38. The Morgan fingerprint density at radius 1 is 1.03 bits per heavy atom. The third-order valence-corrected chi connectivity index (χ3v) is 7.54. The molecule has 2 saturated heterocycles. The molecular formula is C22H26N2O4S. The summed E-state index contributed by atoms with van der Waals surface area (Å²) in [5.41, 5.74) is 1.80. The number of amides is 1. The summed E-state index contributed by atoms with van der Waals surface area (Å²) in [4.78, 5) is 16.9. The minimum atomic E-state index is -3.22. The largest absolute Gasteiger partial charge is 0.494 e. The van der Waals surface area contributed by atoms with E-state index in [1.165, 1.54) is 0 Å². The Bertz CT molecular complexity index is 976. The number of hydrogen-bond donors (Lipinski definition) is 0. The number of hydrogen-bond acceptors (Lipinski definition) is 5. The van der Waals surface area contributed by atoms with Gasteiger partial charge in [-0.1, -0.05) is 30.3 Å². The van der Waals surface area contributed by atoms with Crippen molar-refractivity contribution in [1.29, 1.82) is 0 Å². The second-order valence-electron chi connectivity index (χ2n) is 7.66. The molecule has 2 fully saturated rings. The van der Waals surface area contributed by atoms with Crippen LogP contribution in [-0.2, 0) is 14.6 Å². The Kier molecular flexibility index (Phi) is 5.36. The third-order valence-electron chi connectivity index (χ3n) is 5.84. The van der Waals surface area contributed by atoms with E-state index in [0.717, 1.165) is 17.0 Å². The average molecular weight is 415 g/mol. The van der Waals surface area contributed by atoms with Crippen molar-refractivity contribution < 1.29 is 17.9 Å². The van der Waals surface area contributed by atoms with E-state index in [4.69, 9.17) is 4.74 Å². The number of nitrogens with zero attached hydrogens (tertiary/aromatic N) is 2. The first-order valence-electron chi connectivity index (χ1n) is 9.95. The van der Waals surface area contributed by atoms with E-state index in [-0.39, 0.29) is 42.1 Å². The molecule has 2 heterocycles. The van der Waals surface area contributed by atoms with Gasteiger partial charge in [-0.05, 0) is 43.7 Å². The van der Waals surface area contributed by atoms with Crippen molar-refractivity contribution in [1.82, 2.24) is 4.90 Å². The number of rotatable bonds is 5.